The van der Waals surface area contributed by atoms with E-state index in [0.29, 0.717) is 5.92 Å². The van der Waals surface area contributed by atoms with Crippen molar-refractivity contribution < 1.29 is 13.2 Å². The Morgan fingerprint density at radius 3 is 2.75 bits per heavy atom. The number of sulfonamides is 1. The lowest BCUT2D eigenvalue weighted by molar-refractivity contribution is 0.0655. The van der Waals surface area contributed by atoms with Crippen LogP contribution < -0.4 is 4.72 Å². The monoisotopic (exact) mass is 245 g/mol. The third-order valence-corrected chi connectivity index (χ3v) is 4.07. The van der Waals surface area contributed by atoms with Crippen molar-refractivity contribution in [3.63, 3.8) is 0 Å². The van der Waals surface area contributed by atoms with Crippen molar-refractivity contribution in [3.05, 3.63) is 18.4 Å². The minimum atomic E-state index is -3.14. The molecule has 4 nitrogen and oxygen atoms in total. The second kappa shape index (κ2) is 6.86. The SMILES string of the molecule is C=C=CCNS(=O)(=O)CCC1CCOCC1. The summed E-state index contributed by atoms with van der Waals surface area (Å²) in [7, 11) is -3.14. The van der Waals surface area contributed by atoms with Crippen LogP contribution in [0.3, 0.4) is 0 Å². The molecule has 0 aromatic rings. The van der Waals surface area contributed by atoms with E-state index in [1.54, 1.807) is 6.08 Å². The van der Waals surface area contributed by atoms with E-state index in [1.165, 1.54) is 0 Å². The lowest BCUT2D eigenvalue weighted by atomic mass is 9.98. The van der Waals surface area contributed by atoms with Crippen molar-refractivity contribution in [1.82, 2.24) is 4.72 Å². The van der Waals surface area contributed by atoms with Gasteiger partial charge in [0.25, 0.3) is 0 Å². The fraction of sp³-hybridized carbons (Fsp3) is 0.727. The zero-order valence-electron chi connectivity index (χ0n) is 9.44. The molecule has 5 heteroatoms. The molecule has 0 saturated carbocycles. The fourth-order valence-electron chi connectivity index (χ4n) is 1.67. The van der Waals surface area contributed by atoms with Crippen LogP contribution in [0.25, 0.3) is 0 Å². The molecule has 1 heterocycles. The molecule has 0 bridgehead atoms. The Balaban J connectivity index is 2.26. The minimum absolute atomic E-state index is 0.197. The number of rotatable bonds is 6. The van der Waals surface area contributed by atoms with Gasteiger partial charge in [0.1, 0.15) is 0 Å². The van der Waals surface area contributed by atoms with Crippen molar-refractivity contribution in [2.45, 2.75) is 19.3 Å². The Morgan fingerprint density at radius 2 is 2.12 bits per heavy atom. The second-order valence-corrected chi connectivity index (χ2v) is 5.85. The van der Waals surface area contributed by atoms with Crippen LogP contribution in [0.15, 0.2) is 18.4 Å². The van der Waals surface area contributed by atoms with Gasteiger partial charge in [-0.1, -0.05) is 6.58 Å². The van der Waals surface area contributed by atoms with Crippen LogP contribution in [0.5, 0.6) is 0 Å². The first-order valence-electron chi connectivity index (χ1n) is 5.53. The van der Waals surface area contributed by atoms with Crippen molar-refractivity contribution >= 4 is 10.0 Å². The van der Waals surface area contributed by atoms with E-state index < -0.39 is 10.0 Å². The van der Waals surface area contributed by atoms with Crippen LogP contribution in [0, 0.1) is 5.92 Å². The van der Waals surface area contributed by atoms with Crippen molar-refractivity contribution in [2.75, 3.05) is 25.5 Å². The highest BCUT2D eigenvalue weighted by Gasteiger charge is 2.17. The summed E-state index contributed by atoms with van der Waals surface area (Å²) in [5.41, 5.74) is 2.53. The molecule has 1 aliphatic rings. The average Bonchev–Trinajstić information content (AvgIpc) is 2.28. The van der Waals surface area contributed by atoms with E-state index in [-0.39, 0.29) is 12.3 Å². The van der Waals surface area contributed by atoms with Gasteiger partial charge in [0, 0.05) is 19.8 Å². The van der Waals surface area contributed by atoms with E-state index in [9.17, 15) is 8.42 Å². The summed E-state index contributed by atoms with van der Waals surface area (Å²) in [6.45, 7) is 5.17. The molecule has 1 fully saturated rings. The number of hydrogen-bond acceptors (Lipinski definition) is 3. The predicted molar refractivity (Wildman–Crippen MR) is 63.7 cm³/mol. The molecule has 0 amide bonds. The van der Waals surface area contributed by atoms with E-state index in [4.69, 9.17) is 4.74 Å². The molecule has 1 N–H and O–H groups in total. The van der Waals surface area contributed by atoms with Crippen LogP contribution >= 0.6 is 0 Å². The quantitative estimate of drug-likeness (QED) is 0.712. The largest absolute Gasteiger partial charge is 0.381 e. The van der Waals surface area contributed by atoms with E-state index in [1.807, 2.05) is 0 Å². The first kappa shape index (κ1) is 13.5. The first-order chi connectivity index (χ1) is 7.64. The summed E-state index contributed by atoms with van der Waals surface area (Å²) in [5.74, 6) is 0.683. The molecule has 0 atom stereocenters. The molecule has 0 spiro atoms. The van der Waals surface area contributed by atoms with E-state index in [2.05, 4.69) is 17.0 Å². The lowest BCUT2D eigenvalue weighted by Gasteiger charge is -2.21. The third-order valence-electron chi connectivity index (χ3n) is 2.69. The summed E-state index contributed by atoms with van der Waals surface area (Å²) in [6.07, 6.45) is 4.23. The summed E-state index contributed by atoms with van der Waals surface area (Å²) in [4.78, 5) is 0. The molecular formula is C11H19NO3S. The van der Waals surface area contributed by atoms with Crippen LogP contribution in [0.2, 0.25) is 0 Å². The highest BCUT2D eigenvalue weighted by atomic mass is 32.2. The maximum absolute atomic E-state index is 11.5. The zero-order valence-corrected chi connectivity index (χ0v) is 10.3. The van der Waals surface area contributed by atoms with Crippen LogP contribution in [-0.4, -0.2) is 33.9 Å². The van der Waals surface area contributed by atoms with Gasteiger partial charge in [0.2, 0.25) is 10.0 Å². The van der Waals surface area contributed by atoms with Gasteiger partial charge >= 0.3 is 0 Å². The topological polar surface area (TPSA) is 55.4 Å². The number of nitrogens with one attached hydrogen (secondary N) is 1. The van der Waals surface area contributed by atoms with Gasteiger partial charge in [-0.3, -0.25) is 0 Å². The highest BCUT2D eigenvalue weighted by molar-refractivity contribution is 7.89. The second-order valence-electron chi connectivity index (χ2n) is 3.92. The van der Waals surface area contributed by atoms with Crippen molar-refractivity contribution in [3.8, 4) is 0 Å². The standard InChI is InChI=1S/C11H19NO3S/c1-2-3-7-12-16(13,14)10-6-11-4-8-15-9-5-11/h3,11-12H,1,4-10H2. The third kappa shape index (κ3) is 5.47. The molecule has 16 heavy (non-hydrogen) atoms. The van der Waals surface area contributed by atoms with Gasteiger partial charge in [-0.25, -0.2) is 13.1 Å². The Bertz CT molecular complexity index is 338. The molecule has 0 unspecified atom stereocenters. The first-order valence-corrected chi connectivity index (χ1v) is 7.18. The maximum Gasteiger partial charge on any atom is 0.211 e. The Hall–Kier alpha value is -0.610. The Kier molecular flexibility index (Phi) is 5.77. The molecular weight excluding hydrogens is 226 g/mol. The molecule has 1 saturated heterocycles. The normalized spacial score (nSPS) is 18.0. The Morgan fingerprint density at radius 1 is 1.44 bits per heavy atom. The van der Waals surface area contributed by atoms with Crippen molar-refractivity contribution in [2.24, 2.45) is 5.92 Å². The smallest absolute Gasteiger partial charge is 0.211 e. The summed E-state index contributed by atoms with van der Waals surface area (Å²) in [6, 6.07) is 0. The summed E-state index contributed by atoms with van der Waals surface area (Å²) in [5, 5.41) is 0. The van der Waals surface area contributed by atoms with Crippen molar-refractivity contribution in [1.29, 1.82) is 0 Å². The van der Waals surface area contributed by atoms with Gasteiger partial charge in [-0.15, -0.1) is 5.73 Å². The minimum Gasteiger partial charge on any atom is -0.381 e. The van der Waals surface area contributed by atoms with Gasteiger partial charge in [-0.05, 0) is 31.3 Å². The fourth-order valence-corrected chi connectivity index (χ4v) is 2.80. The highest BCUT2D eigenvalue weighted by Crippen LogP contribution is 2.18. The maximum atomic E-state index is 11.5. The zero-order chi connectivity index (χ0) is 11.9. The number of ether oxygens (including phenoxy) is 1. The van der Waals surface area contributed by atoms with Gasteiger partial charge in [0.05, 0.1) is 5.75 Å². The van der Waals surface area contributed by atoms with Crippen LogP contribution in [-0.2, 0) is 14.8 Å². The molecule has 0 aromatic carbocycles. The van der Waals surface area contributed by atoms with Gasteiger partial charge in [-0.2, -0.15) is 0 Å². The molecule has 1 aliphatic heterocycles. The molecule has 0 aromatic heterocycles. The Labute approximate surface area is 97.4 Å². The van der Waals surface area contributed by atoms with E-state index >= 15 is 0 Å². The average molecular weight is 245 g/mol. The molecule has 0 aliphatic carbocycles. The van der Waals surface area contributed by atoms with Crippen LogP contribution in [0.1, 0.15) is 19.3 Å². The predicted octanol–water partition coefficient (Wildman–Crippen LogP) is 1.06. The summed E-state index contributed by atoms with van der Waals surface area (Å²) >= 11 is 0. The lowest BCUT2D eigenvalue weighted by Crippen LogP contribution is -2.28. The van der Waals surface area contributed by atoms with Gasteiger partial charge in [0.15, 0.2) is 0 Å². The van der Waals surface area contributed by atoms with Crippen LogP contribution in [0.4, 0.5) is 0 Å². The number of hydrogen-bond donors (Lipinski definition) is 1. The van der Waals surface area contributed by atoms with Gasteiger partial charge < -0.3 is 4.74 Å². The molecule has 92 valence electrons. The van der Waals surface area contributed by atoms with E-state index in [0.717, 1.165) is 32.5 Å². The summed E-state index contributed by atoms with van der Waals surface area (Å²) < 4.78 is 30.8. The molecule has 0 radical (unpaired) electrons. The molecule has 1 rings (SSSR count).